The Bertz CT molecular complexity index is 742. The zero-order valence-electron chi connectivity index (χ0n) is 15.3. The molecule has 1 aliphatic rings. The third-order valence-electron chi connectivity index (χ3n) is 4.18. The van der Waals surface area contributed by atoms with E-state index in [4.69, 9.17) is 14.2 Å². The van der Waals surface area contributed by atoms with Gasteiger partial charge in [0, 0.05) is 6.42 Å². The van der Waals surface area contributed by atoms with Gasteiger partial charge in [-0.3, -0.25) is 4.79 Å². The molecular formula is C21H25NO4. The van der Waals surface area contributed by atoms with Gasteiger partial charge in [0.15, 0.2) is 11.5 Å². The summed E-state index contributed by atoms with van der Waals surface area (Å²) in [5.74, 6) is 2.35. The highest BCUT2D eigenvalue weighted by Gasteiger charge is 2.13. The second-order valence-corrected chi connectivity index (χ2v) is 6.57. The predicted octanol–water partition coefficient (Wildman–Crippen LogP) is 3.28. The molecule has 0 saturated carbocycles. The Morgan fingerprint density at radius 3 is 2.62 bits per heavy atom. The lowest BCUT2D eigenvalue weighted by Crippen LogP contribution is -2.36. The Hall–Kier alpha value is -2.69. The molecule has 26 heavy (non-hydrogen) atoms. The molecule has 5 nitrogen and oxygen atoms in total. The van der Waals surface area contributed by atoms with Gasteiger partial charge in [0.2, 0.25) is 5.91 Å². The Labute approximate surface area is 154 Å². The number of nitrogens with one attached hydrogen (secondary N) is 1. The van der Waals surface area contributed by atoms with E-state index in [1.54, 1.807) is 0 Å². The molecule has 0 saturated heterocycles. The molecular weight excluding hydrogens is 330 g/mol. The zero-order valence-corrected chi connectivity index (χ0v) is 15.3. The highest BCUT2D eigenvalue weighted by Crippen LogP contribution is 2.31. The van der Waals surface area contributed by atoms with Crippen LogP contribution in [0.4, 0.5) is 0 Å². The maximum Gasteiger partial charge on any atom is 0.220 e. The number of amides is 1. The molecule has 0 fully saturated rings. The summed E-state index contributed by atoms with van der Waals surface area (Å²) in [6.07, 6.45) is 1.09. The molecule has 1 atom stereocenters. The number of ether oxygens (including phenoxy) is 3. The molecule has 1 heterocycles. The van der Waals surface area contributed by atoms with E-state index in [2.05, 4.69) is 5.32 Å². The van der Waals surface area contributed by atoms with Crippen molar-refractivity contribution in [3.63, 3.8) is 0 Å². The Morgan fingerprint density at radius 2 is 1.85 bits per heavy atom. The van der Waals surface area contributed by atoms with Crippen molar-refractivity contribution in [2.75, 3.05) is 19.8 Å². The van der Waals surface area contributed by atoms with Crippen molar-refractivity contribution in [2.45, 2.75) is 32.7 Å². The van der Waals surface area contributed by atoms with Gasteiger partial charge in [-0.15, -0.1) is 0 Å². The Kier molecular flexibility index (Phi) is 6.00. The largest absolute Gasteiger partial charge is 0.491 e. The minimum Gasteiger partial charge on any atom is -0.491 e. The molecule has 1 aliphatic heterocycles. The smallest absolute Gasteiger partial charge is 0.220 e. The molecule has 2 aromatic carbocycles. The summed E-state index contributed by atoms with van der Waals surface area (Å²) >= 11 is 0. The highest BCUT2D eigenvalue weighted by molar-refractivity contribution is 5.76. The van der Waals surface area contributed by atoms with Crippen LogP contribution in [0.15, 0.2) is 42.5 Å². The van der Waals surface area contributed by atoms with E-state index in [0.29, 0.717) is 32.7 Å². The molecule has 0 radical (unpaired) electrons. The molecule has 1 amide bonds. The summed E-state index contributed by atoms with van der Waals surface area (Å²) < 4.78 is 16.8. The maximum absolute atomic E-state index is 12.1. The van der Waals surface area contributed by atoms with Crippen LogP contribution in [0, 0.1) is 6.92 Å². The van der Waals surface area contributed by atoms with Crippen LogP contribution in [0.3, 0.4) is 0 Å². The van der Waals surface area contributed by atoms with E-state index in [0.717, 1.165) is 22.8 Å². The fourth-order valence-corrected chi connectivity index (χ4v) is 2.75. The van der Waals surface area contributed by atoms with Crippen molar-refractivity contribution in [1.29, 1.82) is 0 Å². The topological polar surface area (TPSA) is 56.8 Å². The van der Waals surface area contributed by atoms with E-state index in [1.807, 2.05) is 56.3 Å². The van der Waals surface area contributed by atoms with Gasteiger partial charge in [-0.1, -0.05) is 23.8 Å². The fraction of sp³-hybridized carbons (Fsp3) is 0.381. The van der Waals surface area contributed by atoms with Crippen LogP contribution in [0.2, 0.25) is 0 Å². The monoisotopic (exact) mass is 355 g/mol. The summed E-state index contributed by atoms with van der Waals surface area (Å²) in [5, 5.41) is 2.97. The lowest BCUT2D eigenvalue weighted by Gasteiger charge is -2.19. The van der Waals surface area contributed by atoms with Crippen LogP contribution in [0.1, 0.15) is 24.5 Å². The third kappa shape index (κ3) is 5.15. The first-order chi connectivity index (χ1) is 12.6. The Balaban J connectivity index is 1.41. The number of hydrogen-bond acceptors (Lipinski definition) is 4. The summed E-state index contributed by atoms with van der Waals surface area (Å²) in [5.41, 5.74) is 2.26. The van der Waals surface area contributed by atoms with Crippen LogP contribution in [-0.2, 0) is 11.2 Å². The minimum absolute atomic E-state index is 0.0138. The molecule has 0 aliphatic carbocycles. The van der Waals surface area contributed by atoms with E-state index >= 15 is 0 Å². The van der Waals surface area contributed by atoms with Crippen molar-refractivity contribution in [3.05, 3.63) is 53.6 Å². The van der Waals surface area contributed by atoms with Crippen molar-refractivity contribution < 1.29 is 19.0 Å². The van der Waals surface area contributed by atoms with E-state index < -0.39 is 0 Å². The number of carbonyl (C=O) groups is 1. The second-order valence-electron chi connectivity index (χ2n) is 6.57. The minimum atomic E-state index is -0.0518. The number of carbonyl (C=O) groups excluding carboxylic acids is 1. The normalized spacial score (nSPS) is 13.8. The van der Waals surface area contributed by atoms with Gasteiger partial charge in [0.1, 0.15) is 25.6 Å². The molecule has 1 N–H and O–H groups in total. The first kappa shape index (κ1) is 18.1. The molecule has 2 aromatic rings. The quantitative estimate of drug-likeness (QED) is 0.828. The molecule has 0 aromatic heterocycles. The highest BCUT2D eigenvalue weighted by atomic mass is 16.6. The number of fused-ring (bicyclic) bond motifs is 1. The van der Waals surface area contributed by atoms with E-state index in [9.17, 15) is 4.79 Å². The van der Waals surface area contributed by atoms with Crippen molar-refractivity contribution in [3.8, 4) is 17.2 Å². The van der Waals surface area contributed by atoms with Crippen molar-refractivity contribution in [1.82, 2.24) is 5.32 Å². The lowest BCUT2D eigenvalue weighted by molar-refractivity contribution is -0.121. The standard InChI is InChI=1S/C21H25NO4/c1-15-3-7-18(8-4-15)26-14-16(2)22-21(23)10-6-17-5-9-19-20(13-17)25-12-11-24-19/h3-5,7-9,13,16H,6,10-12,14H2,1-2H3,(H,22,23). The second kappa shape index (κ2) is 8.61. The van der Waals surface area contributed by atoms with Crippen LogP contribution >= 0.6 is 0 Å². The van der Waals surface area contributed by atoms with Gasteiger partial charge in [-0.05, 0) is 50.1 Å². The van der Waals surface area contributed by atoms with Gasteiger partial charge in [0.25, 0.3) is 0 Å². The third-order valence-corrected chi connectivity index (χ3v) is 4.18. The average molecular weight is 355 g/mol. The van der Waals surface area contributed by atoms with Crippen molar-refractivity contribution >= 4 is 5.91 Å². The first-order valence-electron chi connectivity index (χ1n) is 8.97. The van der Waals surface area contributed by atoms with E-state index in [1.165, 1.54) is 5.56 Å². The van der Waals surface area contributed by atoms with Crippen LogP contribution in [0.5, 0.6) is 17.2 Å². The molecule has 1 unspecified atom stereocenters. The molecule has 0 spiro atoms. The number of rotatable bonds is 7. The van der Waals surface area contributed by atoms with Gasteiger partial charge < -0.3 is 19.5 Å². The fourth-order valence-electron chi connectivity index (χ4n) is 2.75. The molecule has 138 valence electrons. The average Bonchev–Trinajstić information content (AvgIpc) is 2.66. The van der Waals surface area contributed by atoms with Crippen LogP contribution in [0.25, 0.3) is 0 Å². The Morgan fingerprint density at radius 1 is 1.12 bits per heavy atom. The summed E-state index contributed by atoms with van der Waals surface area (Å²) in [6, 6.07) is 13.7. The summed E-state index contributed by atoms with van der Waals surface area (Å²) in [4.78, 5) is 12.1. The van der Waals surface area contributed by atoms with Gasteiger partial charge in [-0.25, -0.2) is 0 Å². The lowest BCUT2D eigenvalue weighted by atomic mass is 10.1. The number of hydrogen-bond donors (Lipinski definition) is 1. The molecule has 0 bridgehead atoms. The maximum atomic E-state index is 12.1. The zero-order chi connectivity index (χ0) is 18.4. The predicted molar refractivity (Wildman–Crippen MR) is 100 cm³/mol. The van der Waals surface area contributed by atoms with Crippen LogP contribution in [-0.4, -0.2) is 31.8 Å². The number of aryl methyl sites for hydroxylation is 2. The molecule has 3 rings (SSSR count). The van der Waals surface area contributed by atoms with Gasteiger partial charge >= 0.3 is 0 Å². The summed E-state index contributed by atoms with van der Waals surface area (Å²) in [6.45, 7) is 5.57. The SMILES string of the molecule is Cc1ccc(OCC(C)NC(=O)CCc2ccc3c(c2)OCCO3)cc1. The van der Waals surface area contributed by atoms with Crippen LogP contribution < -0.4 is 19.5 Å². The van der Waals surface area contributed by atoms with E-state index in [-0.39, 0.29) is 11.9 Å². The summed E-state index contributed by atoms with van der Waals surface area (Å²) in [7, 11) is 0. The number of benzene rings is 2. The van der Waals surface area contributed by atoms with Gasteiger partial charge in [-0.2, -0.15) is 0 Å². The van der Waals surface area contributed by atoms with Gasteiger partial charge in [0.05, 0.1) is 6.04 Å². The first-order valence-corrected chi connectivity index (χ1v) is 8.97. The van der Waals surface area contributed by atoms with Crippen molar-refractivity contribution in [2.24, 2.45) is 0 Å². The molecule has 5 heteroatoms.